The van der Waals surface area contributed by atoms with Crippen molar-refractivity contribution in [2.75, 3.05) is 0 Å². The van der Waals surface area contributed by atoms with E-state index in [0.717, 1.165) is 0 Å². The van der Waals surface area contributed by atoms with Crippen molar-refractivity contribution in [3.8, 4) is 0 Å². The molecule has 3 heteroatoms. The Kier molecular flexibility index (Phi) is 1.51. The maximum absolute atomic E-state index is 3.23. The fourth-order valence-corrected chi connectivity index (χ4v) is 5.95. The quantitative estimate of drug-likeness (QED) is 0.419. The third-order valence-electron chi connectivity index (χ3n) is 1.96. The number of rotatable bonds is 1. The van der Waals surface area contributed by atoms with Crippen molar-refractivity contribution in [1.82, 2.24) is 0 Å². The molecule has 0 fully saturated rings. The molecule has 0 N–H and O–H groups in total. The Balaban J connectivity index is 3.63. The topological polar surface area (TPSA) is 0 Å². The van der Waals surface area contributed by atoms with Gasteiger partial charge in [-0.05, 0) is 0 Å². The average molecular weight is 453 g/mol. The molecule has 0 heterocycles. The second-order valence-corrected chi connectivity index (χ2v) is 67.3. The first-order valence-corrected chi connectivity index (χ1v) is 16.3. The molecule has 0 atom stereocenters. The molecule has 1 rings (SSSR count). The van der Waals surface area contributed by atoms with E-state index in [1.165, 1.54) is 0 Å². The van der Waals surface area contributed by atoms with Crippen molar-refractivity contribution in [1.29, 1.82) is 0 Å². The van der Waals surface area contributed by atoms with Crippen LogP contribution in [-0.2, 0) is 2.02 Å². The van der Waals surface area contributed by atoms with Crippen LogP contribution in [0.25, 0.3) is 0 Å². The van der Waals surface area contributed by atoms with Crippen LogP contribution in [0.2, 0.25) is 34.1 Å². The van der Waals surface area contributed by atoms with E-state index in [0.29, 0.717) is 4.85 Å². The van der Waals surface area contributed by atoms with Crippen LogP contribution >= 0.6 is 40.8 Å². The standard InChI is InChI=1S/C5H5.5CH3.Co.2HI/c1-2-4-5-3-1;;;;;;;;/h1-5H;5*1H3;;2*1H/q;;;;;;+2;;/p-2. The number of allylic oxidation sites excluding steroid dienone is 4. The van der Waals surface area contributed by atoms with Gasteiger partial charge in [0, 0.05) is 0 Å². The normalized spacial score (nSPS) is 30.4. The molecular formula is C10H20CoI2. The molecule has 0 spiro atoms. The van der Waals surface area contributed by atoms with Gasteiger partial charge in [-0.1, -0.05) is 0 Å². The van der Waals surface area contributed by atoms with Gasteiger partial charge in [-0.15, -0.1) is 0 Å². The Morgan fingerprint density at radius 2 is 1.15 bits per heavy atom. The van der Waals surface area contributed by atoms with E-state index in [9.17, 15) is 0 Å². The first-order valence-electron chi connectivity index (χ1n) is 3.78. The predicted octanol–water partition coefficient (Wildman–Crippen LogP) is 6.14. The van der Waals surface area contributed by atoms with E-state index in [4.69, 9.17) is 0 Å². The van der Waals surface area contributed by atoms with Gasteiger partial charge in [-0.25, -0.2) is 0 Å². The molecule has 0 aromatic rings. The first-order chi connectivity index (χ1) is 5.00. The zero-order chi connectivity index (χ0) is 10.8. The Labute approximate surface area is 100.0 Å². The second kappa shape index (κ2) is 1.57. The van der Waals surface area contributed by atoms with Crippen molar-refractivity contribution in [3.05, 3.63) is 24.3 Å². The summed E-state index contributed by atoms with van der Waals surface area (Å²) >= 11 is 5.45. The Morgan fingerprint density at radius 3 is 1.31 bits per heavy atom. The fourth-order valence-electron chi connectivity index (χ4n) is 1.13. The predicted molar refractivity (Wildman–Crippen MR) is 79.4 cm³/mol. The summed E-state index contributed by atoms with van der Waals surface area (Å²) in [5, 5.41) is 0. The van der Waals surface area contributed by atoms with Crippen molar-refractivity contribution in [2.24, 2.45) is 0 Å². The number of halogens is 2. The van der Waals surface area contributed by atoms with Gasteiger partial charge in [0.25, 0.3) is 0 Å². The third-order valence-corrected chi connectivity index (χ3v) is 10.3. The minimum absolute atomic E-state index is 0.538. The molecule has 0 bridgehead atoms. The average Bonchev–Trinajstić information content (AvgIpc) is 1.97. The maximum atomic E-state index is 2.73. The summed E-state index contributed by atoms with van der Waals surface area (Å²) in [5.41, 5.74) is 0. The molecule has 0 radical (unpaired) electrons. The molecule has 0 amide bonds. The van der Waals surface area contributed by atoms with E-state index in [1.54, 1.807) is 0 Å². The van der Waals surface area contributed by atoms with Crippen LogP contribution in [0.5, 0.6) is 0 Å². The molecule has 0 aromatic carbocycles. The van der Waals surface area contributed by atoms with Crippen LogP contribution < -0.4 is 0 Å². The van der Waals surface area contributed by atoms with Crippen LogP contribution in [0.4, 0.5) is 0 Å². The van der Waals surface area contributed by atoms with Gasteiger partial charge >= 0.3 is 101 Å². The Hall–Kier alpha value is 1.45. The van der Waals surface area contributed by atoms with E-state index in [-0.39, 0.29) is 0 Å². The van der Waals surface area contributed by atoms with Crippen LogP contribution in [0.15, 0.2) is 24.3 Å². The third kappa shape index (κ3) is 3.50. The molecule has 83 valence electrons. The van der Waals surface area contributed by atoms with Crippen molar-refractivity contribution in [3.63, 3.8) is 0 Å². The zero-order valence-corrected chi connectivity index (χ0v) is 14.3. The van der Waals surface area contributed by atoms with Crippen LogP contribution in [0.1, 0.15) is 0 Å². The zero-order valence-electron chi connectivity index (χ0n) is 8.98. The molecule has 0 nitrogen and oxygen atoms in total. The van der Waals surface area contributed by atoms with Crippen molar-refractivity contribution < 1.29 is 2.02 Å². The summed E-state index contributed by atoms with van der Waals surface area (Å²) in [6.07, 6.45) is 8.99. The van der Waals surface area contributed by atoms with Crippen molar-refractivity contribution >= 4 is 40.8 Å². The number of hydrogen-bond donors (Lipinski definition) is 0. The molecule has 0 aromatic heterocycles. The Morgan fingerprint density at radius 1 is 0.846 bits per heavy atom. The van der Waals surface area contributed by atoms with Gasteiger partial charge < -0.3 is 0 Å². The molecule has 1 aliphatic carbocycles. The molecule has 0 saturated heterocycles. The van der Waals surface area contributed by atoms with Gasteiger partial charge in [0.2, 0.25) is 0 Å². The van der Waals surface area contributed by atoms with Gasteiger partial charge in [0.1, 0.15) is 0 Å². The second-order valence-electron chi connectivity index (χ2n) is 6.93. The SMILES string of the molecule is [CH3][Co]([CH3])([CH3])([CH3])([CH3])([I])([I])[CH]1C=CC=C1. The van der Waals surface area contributed by atoms with Crippen molar-refractivity contribution in [2.45, 2.75) is 34.1 Å². The van der Waals surface area contributed by atoms with E-state index in [1.807, 2.05) is 0 Å². The number of hydrogen-bond acceptors (Lipinski definition) is 0. The van der Waals surface area contributed by atoms with E-state index in [2.05, 4.69) is 94.4 Å². The molecule has 0 aliphatic heterocycles. The molecular weight excluding hydrogens is 433 g/mol. The summed E-state index contributed by atoms with van der Waals surface area (Å²) in [5.74, 6) is 12.2. The van der Waals surface area contributed by atoms with Gasteiger partial charge in [-0.3, -0.25) is 0 Å². The molecule has 0 saturated carbocycles. The Bertz CT molecular complexity index is 320. The van der Waals surface area contributed by atoms with E-state index < -0.39 is 2.02 Å². The van der Waals surface area contributed by atoms with Crippen LogP contribution in [0, 0.1) is 0 Å². The van der Waals surface area contributed by atoms with Gasteiger partial charge in [0.05, 0.1) is 0 Å². The molecule has 1 aliphatic rings. The molecule has 13 heavy (non-hydrogen) atoms. The molecule has 0 unspecified atom stereocenters. The van der Waals surface area contributed by atoms with Crippen LogP contribution in [0.3, 0.4) is 0 Å². The first kappa shape index (κ1) is 12.5. The summed E-state index contributed by atoms with van der Waals surface area (Å²) < 4.78 is -3.23. The minimum atomic E-state index is -3.23. The summed E-state index contributed by atoms with van der Waals surface area (Å²) in [6, 6.07) is 0. The van der Waals surface area contributed by atoms with Gasteiger partial charge in [0.15, 0.2) is 0 Å². The fraction of sp³-hybridized carbons (Fsp3) is 0.600. The summed E-state index contributed by atoms with van der Waals surface area (Å²) in [7, 11) is 0. The van der Waals surface area contributed by atoms with Crippen LogP contribution in [-0.4, -0.2) is 0 Å². The summed E-state index contributed by atoms with van der Waals surface area (Å²) in [4.78, 5) is 0.538. The van der Waals surface area contributed by atoms with Gasteiger partial charge in [-0.2, -0.15) is 0 Å². The van der Waals surface area contributed by atoms with E-state index >= 15 is 0 Å². The monoisotopic (exact) mass is 453 g/mol. The summed E-state index contributed by atoms with van der Waals surface area (Å²) in [6.45, 7) is 0.